The molecule has 1 aromatic heterocycles. The monoisotopic (exact) mass is 819 g/mol. The number of ketones is 1. The number of hydrogen-bond acceptors (Lipinski definition) is 10. The first-order valence-corrected chi connectivity index (χ1v) is 21.0. The fourth-order valence-corrected chi connectivity index (χ4v) is 9.36. The van der Waals surface area contributed by atoms with Gasteiger partial charge in [0.2, 0.25) is 33.3 Å². The minimum absolute atomic E-state index is 0.0175. The predicted molar refractivity (Wildman–Crippen MR) is 203 cm³/mol. The van der Waals surface area contributed by atoms with Gasteiger partial charge in [-0.15, -0.1) is 0 Å². The van der Waals surface area contributed by atoms with Crippen molar-refractivity contribution < 1.29 is 55.0 Å². The normalized spacial score (nSPS) is 29.9. The number of nitrogens with one attached hydrogen (secondary N) is 1. The highest BCUT2D eigenvalue weighted by atomic mass is 32.2. The third-order valence-electron chi connectivity index (χ3n) is 12.5. The van der Waals surface area contributed by atoms with Gasteiger partial charge >= 0.3 is 12.1 Å². The van der Waals surface area contributed by atoms with Gasteiger partial charge in [-0.1, -0.05) is 50.6 Å². The number of amides is 2. The zero-order valence-electron chi connectivity index (χ0n) is 33.2. The van der Waals surface area contributed by atoms with Crippen LogP contribution in [0.15, 0.2) is 42.6 Å². The zero-order chi connectivity index (χ0) is 41.7. The number of carbonyl (C=O) groups is 4. The van der Waals surface area contributed by atoms with E-state index in [1.165, 1.54) is 18.2 Å². The molecule has 312 valence electrons. The molecule has 0 radical (unpaired) electrons. The number of pyridine rings is 1. The van der Waals surface area contributed by atoms with E-state index in [0.29, 0.717) is 48.6 Å². The van der Waals surface area contributed by atoms with Gasteiger partial charge < -0.3 is 19.1 Å². The van der Waals surface area contributed by atoms with Crippen LogP contribution in [-0.2, 0) is 33.9 Å². The second-order valence-electron chi connectivity index (χ2n) is 17.2. The van der Waals surface area contributed by atoms with Crippen LogP contribution in [-0.4, -0.2) is 84.2 Å². The van der Waals surface area contributed by atoms with Crippen LogP contribution in [0.2, 0.25) is 0 Å². The molecular weight excluding hydrogens is 768 g/mol. The molecule has 1 aromatic carbocycles. The number of nitrogens with zero attached hydrogens (tertiary/aromatic N) is 2. The lowest BCUT2D eigenvalue weighted by Gasteiger charge is -2.32. The number of alkyl halides is 3. The number of sulfonamides is 1. The Hall–Kier alpha value is -4.21. The number of fused-ring (bicyclic) bond motifs is 3. The van der Waals surface area contributed by atoms with Crippen molar-refractivity contribution in [3.8, 4) is 11.6 Å². The summed E-state index contributed by atoms with van der Waals surface area (Å²) >= 11 is 0. The van der Waals surface area contributed by atoms with Crippen LogP contribution >= 0.6 is 0 Å². The Kier molecular flexibility index (Phi) is 11.5. The summed E-state index contributed by atoms with van der Waals surface area (Å²) in [5.41, 5.74) is -4.19. The van der Waals surface area contributed by atoms with Crippen molar-refractivity contribution in [1.29, 1.82) is 0 Å². The van der Waals surface area contributed by atoms with Crippen molar-refractivity contribution in [2.45, 2.75) is 121 Å². The van der Waals surface area contributed by atoms with Crippen LogP contribution in [0.4, 0.5) is 13.2 Å². The molecule has 2 saturated carbocycles. The van der Waals surface area contributed by atoms with Crippen molar-refractivity contribution in [3.05, 3.63) is 42.6 Å². The fraction of sp³-hybridized carbons (Fsp3) is 0.634. The first-order valence-electron chi connectivity index (χ1n) is 19.6. The lowest BCUT2D eigenvalue weighted by Crippen LogP contribution is -2.48. The molecule has 6 rings (SSSR count). The van der Waals surface area contributed by atoms with Crippen molar-refractivity contribution in [3.63, 3.8) is 0 Å². The molecule has 0 bridgehead atoms. The molecule has 2 amide bonds. The predicted octanol–water partition coefficient (Wildman–Crippen LogP) is 6.46. The summed E-state index contributed by atoms with van der Waals surface area (Å²) in [7, 11) is -2.52. The second-order valence-corrected chi connectivity index (χ2v) is 19.4. The molecule has 16 heteroatoms. The van der Waals surface area contributed by atoms with Crippen LogP contribution in [0.5, 0.6) is 11.6 Å². The summed E-state index contributed by atoms with van der Waals surface area (Å²) in [6, 6.07) is 6.07. The average Bonchev–Trinajstić information content (AvgIpc) is 4.02. The van der Waals surface area contributed by atoms with Gasteiger partial charge in [0.05, 0.1) is 48.4 Å². The third kappa shape index (κ3) is 8.66. The Labute approximate surface area is 331 Å². The van der Waals surface area contributed by atoms with E-state index < -0.39 is 91.8 Å². The molecule has 3 heterocycles. The summed E-state index contributed by atoms with van der Waals surface area (Å²) in [5, 5.41) is 1.33. The van der Waals surface area contributed by atoms with Crippen molar-refractivity contribution in [1.82, 2.24) is 14.6 Å². The maximum atomic E-state index is 14.8. The molecule has 3 fully saturated rings. The molecule has 1 saturated heterocycles. The highest BCUT2D eigenvalue weighted by molar-refractivity contribution is 7.91. The molecule has 0 spiro atoms. The lowest BCUT2D eigenvalue weighted by atomic mass is 9.84. The standard InChI is InChI=1S/C41H52F3N3O9S/c1-24-10-9-11-25(2)30(19-34(49)56-38(3,4)41(42,43)44)36(50)47-23-27(55-35-29-13-8-7-12-28(29)33(54-6)22-45-35)18-31(47)32(48)21-40(20-26(40)15-14-24)37(51)46-57(52,53)39(5)16-17-39/h7-8,12-15,22,24-27,30-31H,9-11,16-21,23H2,1-6H3,(H,46,51)/b15-14-/t24-,25-,26-,27-,30+,31+,40-/m1/s1. The molecule has 57 heavy (non-hydrogen) atoms. The van der Waals surface area contributed by atoms with Gasteiger partial charge in [-0.2, -0.15) is 13.2 Å². The van der Waals surface area contributed by atoms with Gasteiger partial charge in [-0.3, -0.25) is 23.9 Å². The van der Waals surface area contributed by atoms with Gasteiger partial charge in [0.1, 0.15) is 11.9 Å². The van der Waals surface area contributed by atoms with Crippen molar-refractivity contribution >= 4 is 44.4 Å². The lowest BCUT2D eigenvalue weighted by molar-refractivity contribution is -0.257. The van der Waals surface area contributed by atoms with Gasteiger partial charge in [-0.05, 0) is 76.7 Å². The quantitative estimate of drug-likeness (QED) is 0.220. The van der Waals surface area contributed by atoms with Gasteiger partial charge in [0.25, 0.3) is 0 Å². The van der Waals surface area contributed by atoms with Crippen molar-refractivity contribution in [2.24, 2.45) is 29.1 Å². The topological polar surface area (TPSA) is 158 Å². The number of esters is 1. The van der Waals surface area contributed by atoms with E-state index in [-0.39, 0.29) is 37.6 Å². The number of halogens is 3. The molecule has 4 aliphatic rings. The Bertz CT molecular complexity index is 2050. The number of rotatable bonds is 9. The summed E-state index contributed by atoms with van der Waals surface area (Å²) < 4.78 is 85.7. The summed E-state index contributed by atoms with van der Waals surface area (Å²) in [5.74, 6) is -4.44. The molecule has 7 atom stereocenters. The van der Waals surface area contributed by atoms with E-state index in [4.69, 9.17) is 14.2 Å². The Morgan fingerprint density at radius 3 is 2.39 bits per heavy atom. The number of hydrogen-bond donors (Lipinski definition) is 1. The van der Waals surface area contributed by atoms with Gasteiger partial charge in [-0.25, -0.2) is 13.4 Å². The van der Waals surface area contributed by atoms with Crippen LogP contribution < -0.4 is 14.2 Å². The number of ether oxygens (including phenoxy) is 3. The van der Waals surface area contributed by atoms with Crippen molar-refractivity contribution in [2.75, 3.05) is 13.7 Å². The van der Waals surface area contributed by atoms with Crippen LogP contribution in [0.25, 0.3) is 10.8 Å². The highest BCUT2D eigenvalue weighted by Crippen LogP contribution is 2.58. The van der Waals surface area contributed by atoms with E-state index in [9.17, 15) is 40.8 Å². The smallest absolute Gasteiger partial charge is 0.427 e. The number of methoxy groups -OCH3 is 1. The minimum Gasteiger partial charge on any atom is -0.494 e. The summed E-state index contributed by atoms with van der Waals surface area (Å²) in [4.78, 5) is 62.4. The molecular formula is C41H52F3N3O9S. The van der Waals surface area contributed by atoms with E-state index in [0.717, 1.165) is 13.8 Å². The maximum absolute atomic E-state index is 14.8. The first-order chi connectivity index (χ1) is 26.6. The molecule has 2 aliphatic carbocycles. The van der Waals surface area contributed by atoms with Crippen LogP contribution in [0.1, 0.15) is 92.4 Å². The van der Waals surface area contributed by atoms with Gasteiger partial charge in [0.15, 0.2) is 5.78 Å². The number of benzene rings is 1. The maximum Gasteiger partial charge on any atom is 0.427 e. The van der Waals surface area contributed by atoms with Crippen LogP contribution in [0, 0.1) is 29.1 Å². The summed E-state index contributed by atoms with van der Waals surface area (Å²) in [6.07, 6.45) is 1.35. The second kappa shape index (κ2) is 15.5. The minimum atomic E-state index is -4.86. The molecule has 1 N–H and O–H groups in total. The molecule has 2 aliphatic heterocycles. The van der Waals surface area contributed by atoms with E-state index in [2.05, 4.69) is 9.71 Å². The van der Waals surface area contributed by atoms with Crippen LogP contribution in [0.3, 0.4) is 0 Å². The molecule has 0 unspecified atom stereocenters. The number of allylic oxidation sites excluding steroid dienone is 2. The Morgan fingerprint density at radius 2 is 1.74 bits per heavy atom. The van der Waals surface area contributed by atoms with E-state index in [1.54, 1.807) is 26.0 Å². The fourth-order valence-electron chi connectivity index (χ4n) is 8.03. The number of carbonyl (C=O) groups excluding carboxylic acids is 4. The number of aromatic nitrogens is 1. The highest BCUT2D eigenvalue weighted by Gasteiger charge is 2.63. The zero-order valence-corrected chi connectivity index (χ0v) is 34.0. The third-order valence-corrected chi connectivity index (χ3v) is 14.6. The largest absolute Gasteiger partial charge is 0.494 e. The Morgan fingerprint density at radius 1 is 1.05 bits per heavy atom. The molecule has 2 aromatic rings. The SMILES string of the molecule is COc1cnc(O[C@@H]2C[C@H]3C(=O)C[C@]4(C(=O)NS(=O)(=O)C5(C)CC5)C[C@H]4/C=C\[C@H](C)CCC[C@@H](C)[C@H](CC(=O)OC(C)(C)C(F)(F)F)C(=O)N3C2)c2ccccc12. The average molecular weight is 820 g/mol. The summed E-state index contributed by atoms with van der Waals surface area (Å²) in [6.45, 7) is 6.64. The van der Waals surface area contributed by atoms with Gasteiger partial charge in [0, 0.05) is 23.6 Å². The van der Waals surface area contributed by atoms with E-state index in [1.807, 2.05) is 31.2 Å². The molecule has 12 nitrogen and oxygen atoms in total. The Balaban J connectivity index is 1.35. The number of Topliss-reactive ketones (excluding diaryl/α,β-unsaturated/α-hetero) is 1. The first kappa shape index (κ1) is 42.4. The van der Waals surface area contributed by atoms with E-state index >= 15 is 0 Å².